The van der Waals surface area contributed by atoms with Crippen LogP contribution in [0.5, 0.6) is 5.75 Å². The number of ether oxygens (including phenoxy) is 1. The van der Waals surface area contributed by atoms with Gasteiger partial charge in [0.05, 0.1) is 12.8 Å². The SMILES string of the molecule is COc1ccc(Cl)cc1NC(=O)c1cccc(N2CCCC2)n1. The molecule has 1 aromatic carbocycles. The Morgan fingerprint density at radius 2 is 2.04 bits per heavy atom. The van der Waals surface area contributed by atoms with Crippen molar-refractivity contribution in [1.29, 1.82) is 0 Å². The maximum atomic E-state index is 12.5. The summed E-state index contributed by atoms with van der Waals surface area (Å²) in [6.07, 6.45) is 2.33. The third kappa shape index (κ3) is 3.56. The molecule has 120 valence electrons. The molecule has 1 aliphatic heterocycles. The summed E-state index contributed by atoms with van der Waals surface area (Å²) in [6.45, 7) is 1.97. The number of rotatable bonds is 4. The lowest BCUT2D eigenvalue weighted by molar-refractivity contribution is 0.102. The van der Waals surface area contributed by atoms with Crippen molar-refractivity contribution >= 4 is 29.0 Å². The Hall–Kier alpha value is -2.27. The highest BCUT2D eigenvalue weighted by Crippen LogP contribution is 2.28. The minimum Gasteiger partial charge on any atom is -0.495 e. The summed E-state index contributed by atoms with van der Waals surface area (Å²) in [7, 11) is 1.55. The number of carbonyl (C=O) groups is 1. The van der Waals surface area contributed by atoms with Crippen LogP contribution in [0.25, 0.3) is 0 Å². The van der Waals surface area contributed by atoms with E-state index in [1.54, 1.807) is 31.4 Å². The van der Waals surface area contributed by atoms with Crippen molar-refractivity contribution in [3.8, 4) is 5.75 Å². The average molecular weight is 332 g/mol. The minimum atomic E-state index is -0.286. The standard InChI is InChI=1S/C17H18ClN3O2/c1-23-15-8-7-12(18)11-14(15)20-17(22)13-5-4-6-16(19-13)21-9-2-3-10-21/h4-8,11H,2-3,9-10H2,1H3,(H,20,22). The summed E-state index contributed by atoms with van der Waals surface area (Å²) in [5.74, 6) is 1.11. The number of aromatic nitrogens is 1. The van der Waals surface area contributed by atoms with E-state index in [4.69, 9.17) is 16.3 Å². The zero-order chi connectivity index (χ0) is 16.2. The van der Waals surface area contributed by atoms with Crippen LogP contribution < -0.4 is 15.0 Å². The zero-order valence-electron chi connectivity index (χ0n) is 12.9. The molecule has 23 heavy (non-hydrogen) atoms. The van der Waals surface area contributed by atoms with E-state index in [9.17, 15) is 4.79 Å². The number of pyridine rings is 1. The lowest BCUT2D eigenvalue weighted by atomic mass is 10.2. The molecule has 0 atom stereocenters. The number of anilines is 2. The van der Waals surface area contributed by atoms with Gasteiger partial charge in [-0.05, 0) is 43.2 Å². The molecular weight excluding hydrogens is 314 g/mol. The van der Waals surface area contributed by atoms with Crippen LogP contribution in [0.3, 0.4) is 0 Å². The molecule has 0 bridgehead atoms. The lowest BCUT2D eigenvalue weighted by Gasteiger charge is -2.17. The van der Waals surface area contributed by atoms with E-state index >= 15 is 0 Å². The maximum Gasteiger partial charge on any atom is 0.274 e. The minimum absolute atomic E-state index is 0.286. The molecule has 0 saturated carbocycles. The van der Waals surface area contributed by atoms with E-state index < -0.39 is 0 Å². The van der Waals surface area contributed by atoms with Gasteiger partial charge in [0.25, 0.3) is 5.91 Å². The van der Waals surface area contributed by atoms with E-state index in [1.165, 1.54) is 0 Å². The molecule has 1 amide bonds. The number of amides is 1. The predicted octanol–water partition coefficient (Wildman–Crippen LogP) is 3.60. The summed E-state index contributed by atoms with van der Waals surface area (Å²) in [5, 5.41) is 3.33. The lowest BCUT2D eigenvalue weighted by Crippen LogP contribution is -2.21. The first-order chi connectivity index (χ1) is 11.2. The third-order valence-electron chi connectivity index (χ3n) is 3.81. The molecule has 0 unspecified atom stereocenters. The summed E-state index contributed by atoms with van der Waals surface area (Å²) in [5.41, 5.74) is 0.898. The highest BCUT2D eigenvalue weighted by atomic mass is 35.5. The Balaban J connectivity index is 1.81. The molecule has 0 radical (unpaired) electrons. The second kappa shape index (κ2) is 6.87. The number of hydrogen-bond donors (Lipinski definition) is 1. The Bertz CT molecular complexity index is 715. The molecular formula is C17H18ClN3O2. The number of benzene rings is 1. The Kier molecular flexibility index (Phi) is 4.67. The highest BCUT2D eigenvalue weighted by molar-refractivity contribution is 6.31. The second-order valence-electron chi connectivity index (χ2n) is 5.37. The third-order valence-corrected chi connectivity index (χ3v) is 4.04. The zero-order valence-corrected chi connectivity index (χ0v) is 13.6. The number of nitrogens with zero attached hydrogens (tertiary/aromatic N) is 2. The van der Waals surface area contributed by atoms with Gasteiger partial charge in [0, 0.05) is 18.1 Å². The summed E-state index contributed by atoms with van der Waals surface area (Å²) < 4.78 is 5.24. The molecule has 6 heteroatoms. The van der Waals surface area contributed by atoms with Gasteiger partial charge in [-0.25, -0.2) is 4.98 Å². The van der Waals surface area contributed by atoms with E-state index in [1.807, 2.05) is 12.1 Å². The van der Waals surface area contributed by atoms with Gasteiger partial charge in [-0.2, -0.15) is 0 Å². The van der Waals surface area contributed by atoms with Crippen LogP contribution in [0.2, 0.25) is 5.02 Å². The van der Waals surface area contributed by atoms with Gasteiger partial charge in [0.2, 0.25) is 0 Å². The molecule has 1 aliphatic rings. The largest absolute Gasteiger partial charge is 0.495 e. The van der Waals surface area contributed by atoms with Crippen molar-refractivity contribution < 1.29 is 9.53 Å². The van der Waals surface area contributed by atoms with Gasteiger partial charge in [0.15, 0.2) is 0 Å². The highest BCUT2D eigenvalue weighted by Gasteiger charge is 2.16. The van der Waals surface area contributed by atoms with E-state index in [0.29, 0.717) is 22.2 Å². The molecule has 2 aromatic rings. The van der Waals surface area contributed by atoms with Crippen LogP contribution in [-0.2, 0) is 0 Å². The molecule has 2 heterocycles. The average Bonchev–Trinajstić information content (AvgIpc) is 3.10. The quantitative estimate of drug-likeness (QED) is 0.930. The number of carbonyl (C=O) groups excluding carboxylic acids is 1. The van der Waals surface area contributed by atoms with Crippen molar-refractivity contribution in [2.75, 3.05) is 30.4 Å². The number of methoxy groups -OCH3 is 1. The van der Waals surface area contributed by atoms with Crippen molar-refractivity contribution in [3.63, 3.8) is 0 Å². The van der Waals surface area contributed by atoms with Crippen LogP contribution in [-0.4, -0.2) is 31.1 Å². The second-order valence-corrected chi connectivity index (χ2v) is 5.81. The smallest absolute Gasteiger partial charge is 0.274 e. The predicted molar refractivity (Wildman–Crippen MR) is 91.6 cm³/mol. The van der Waals surface area contributed by atoms with E-state index in [-0.39, 0.29) is 5.91 Å². The monoisotopic (exact) mass is 331 g/mol. The normalized spacial score (nSPS) is 13.9. The Morgan fingerprint density at radius 3 is 2.78 bits per heavy atom. The number of nitrogens with one attached hydrogen (secondary N) is 1. The summed E-state index contributed by atoms with van der Waals surface area (Å²) in [6, 6.07) is 10.6. The van der Waals surface area contributed by atoms with E-state index in [2.05, 4.69) is 15.2 Å². The fraction of sp³-hybridized carbons (Fsp3) is 0.294. The van der Waals surface area contributed by atoms with E-state index in [0.717, 1.165) is 31.7 Å². The first-order valence-electron chi connectivity index (χ1n) is 7.54. The molecule has 5 nitrogen and oxygen atoms in total. The number of halogens is 1. The molecule has 1 N–H and O–H groups in total. The summed E-state index contributed by atoms with van der Waals surface area (Å²) in [4.78, 5) is 19.1. The molecule has 1 saturated heterocycles. The van der Waals surface area contributed by atoms with Crippen LogP contribution in [0, 0.1) is 0 Å². The van der Waals surface area contributed by atoms with Gasteiger partial charge in [-0.3, -0.25) is 4.79 Å². The van der Waals surface area contributed by atoms with Crippen molar-refractivity contribution in [2.24, 2.45) is 0 Å². The molecule has 1 aromatic heterocycles. The summed E-state index contributed by atoms with van der Waals surface area (Å²) >= 11 is 5.99. The van der Waals surface area contributed by atoms with Gasteiger partial charge in [0.1, 0.15) is 17.3 Å². The Morgan fingerprint density at radius 1 is 1.26 bits per heavy atom. The fourth-order valence-electron chi connectivity index (χ4n) is 2.64. The fourth-order valence-corrected chi connectivity index (χ4v) is 2.81. The first-order valence-corrected chi connectivity index (χ1v) is 7.92. The van der Waals surface area contributed by atoms with Crippen molar-refractivity contribution in [2.45, 2.75) is 12.8 Å². The van der Waals surface area contributed by atoms with Crippen molar-refractivity contribution in [1.82, 2.24) is 4.98 Å². The molecule has 3 rings (SSSR count). The molecule has 1 fully saturated rings. The maximum absolute atomic E-state index is 12.5. The van der Waals surface area contributed by atoms with Gasteiger partial charge in [-0.15, -0.1) is 0 Å². The topological polar surface area (TPSA) is 54.5 Å². The first kappa shape index (κ1) is 15.6. The van der Waals surface area contributed by atoms with Gasteiger partial charge < -0.3 is 15.0 Å². The molecule has 0 spiro atoms. The van der Waals surface area contributed by atoms with Crippen LogP contribution in [0.1, 0.15) is 23.3 Å². The van der Waals surface area contributed by atoms with Gasteiger partial charge >= 0.3 is 0 Å². The molecule has 0 aliphatic carbocycles. The number of hydrogen-bond acceptors (Lipinski definition) is 4. The van der Waals surface area contributed by atoms with Gasteiger partial charge in [-0.1, -0.05) is 17.7 Å². The van der Waals surface area contributed by atoms with Crippen LogP contribution >= 0.6 is 11.6 Å². The van der Waals surface area contributed by atoms with Crippen LogP contribution in [0.15, 0.2) is 36.4 Å². The van der Waals surface area contributed by atoms with Crippen molar-refractivity contribution in [3.05, 3.63) is 47.1 Å². The van der Waals surface area contributed by atoms with Crippen LogP contribution in [0.4, 0.5) is 11.5 Å². The Labute approximate surface area is 140 Å².